The molecule has 0 unspecified atom stereocenters. The minimum atomic E-state index is 0.0624. The largest absolute Gasteiger partial charge is 0.361 e. The average molecular weight is 314 g/mol. The third kappa shape index (κ3) is 4.39. The van der Waals surface area contributed by atoms with Crippen LogP contribution in [-0.2, 0) is 17.9 Å². The molecule has 2 heterocycles. The van der Waals surface area contributed by atoms with Gasteiger partial charge < -0.3 is 9.42 Å². The molecule has 0 aliphatic heterocycles. The fourth-order valence-electron chi connectivity index (χ4n) is 2.51. The Labute approximate surface area is 136 Å². The first-order valence-corrected chi connectivity index (χ1v) is 7.88. The number of hydrogen-bond donors (Lipinski definition) is 0. The van der Waals surface area contributed by atoms with Crippen molar-refractivity contribution in [3.8, 4) is 0 Å². The number of carbonyl (C=O) groups excluding carboxylic acids is 1. The fourth-order valence-corrected chi connectivity index (χ4v) is 2.51. The fraction of sp³-hybridized carbons (Fsp3) is 0.471. The van der Waals surface area contributed by atoms with Crippen LogP contribution in [0.15, 0.2) is 35.1 Å². The van der Waals surface area contributed by atoms with Crippen LogP contribution in [0, 0.1) is 0 Å². The first-order valence-electron chi connectivity index (χ1n) is 7.88. The average Bonchev–Trinajstić information content (AvgIpc) is 3.28. The van der Waals surface area contributed by atoms with Crippen molar-refractivity contribution in [1.82, 2.24) is 19.9 Å². The molecule has 1 saturated carbocycles. The summed E-state index contributed by atoms with van der Waals surface area (Å²) in [6.45, 7) is 1.54. The van der Waals surface area contributed by atoms with Crippen molar-refractivity contribution in [3.63, 3.8) is 0 Å². The van der Waals surface area contributed by atoms with Crippen LogP contribution in [-0.4, -0.2) is 46.5 Å². The lowest BCUT2D eigenvalue weighted by Crippen LogP contribution is -2.36. The van der Waals surface area contributed by atoms with Gasteiger partial charge in [0.1, 0.15) is 11.5 Å². The SMILES string of the molecule is CN(CC(=O)N(C)Cc1cc(C2CC2)on1)Cc1cccnc1. The Morgan fingerprint density at radius 1 is 1.35 bits per heavy atom. The molecule has 2 aromatic heterocycles. The van der Waals surface area contributed by atoms with Crippen LogP contribution in [0.25, 0.3) is 0 Å². The van der Waals surface area contributed by atoms with Crippen LogP contribution in [0.3, 0.4) is 0 Å². The summed E-state index contributed by atoms with van der Waals surface area (Å²) in [5, 5.41) is 4.06. The second-order valence-electron chi connectivity index (χ2n) is 6.28. The highest BCUT2D eigenvalue weighted by molar-refractivity contribution is 5.77. The zero-order valence-corrected chi connectivity index (χ0v) is 13.6. The van der Waals surface area contributed by atoms with E-state index >= 15 is 0 Å². The summed E-state index contributed by atoms with van der Waals surface area (Å²) < 4.78 is 5.32. The quantitative estimate of drug-likeness (QED) is 0.782. The Bertz CT molecular complexity index is 652. The van der Waals surface area contributed by atoms with Gasteiger partial charge in [0.05, 0.1) is 13.1 Å². The molecule has 0 radical (unpaired) electrons. The Balaban J connectivity index is 1.48. The lowest BCUT2D eigenvalue weighted by molar-refractivity contribution is -0.131. The summed E-state index contributed by atoms with van der Waals surface area (Å²) in [5.74, 6) is 1.56. The van der Waals surface area contributed by atoms with Gasteiger partial charge in [-0.2, -0.15) is 0 Å². The highest BCUT2D eigenvalue weighted by Gasteiger charge is 2.28. The molecule has 1 amide bonds. The van der Waals surface area contributed by atoms with Crippen molar-refractivity contribution < 1.29 is 9.32 Å². The summed E-state index contributed by atoms with van der Waals surface area (Å²) in [6.07, 6.45) is 5.93. The van der Waals surface area contributed by atoms with Gasteiger partial charge in [0, 0.05) is 38.0 Å². The van der Waals surface area contributed by atoms with Gasteiger partial charge in [0.2, 0.25) is 5.91 Å². The number of nitrogens with zero attached hydrogens (tertiary/aromatic N) is 4. The minimum absolute atomic E-state index is 0.0624. The normalized spacial score (nSPS) is 14.2. The van der Waals surface area contributed by atoms with E-state index in [9.17, 15) is 4.79 Å². The van der Waals surface area contributed by atoms with E-state index in [1.54, 1.807) is 18.1 Å². The summed E-state index contributed by atoms with van der Waals surface area (Å²) >= 11 is 0. The van der Waals surface area contributed by atoms with E-state index in [1.807, 2.05) is 36.3 Å². The molecule has 0 N–H and O–H groups in total. The summed E-state index contributed by atoms with van der Waals surface area (Å²) in [6, 6.07) is 5.88. The molecule has 1 fully saturated rings. The summed E-state index contributed by atoms with van der Waals surface area (Å²) in [7, 11) is 3.73. The Morgan fingerprint density at radius 2 is 2.17 bits per heavy atom. The molecule has 1 aliphatic carbocycles. The number of carbonyl (C=O) groups is 1. The molecule has 122 valence electrons. The van der Waals surface area contributed by atoms with Crippen molar-refractivity contribution in [1.29, 1.82) is 0 Å². The molecule has 0 saturated heterocycles. The minimum Gasteiger partial charge on any atom is -0.361 e. The zero-order valence-electron chi connectivity index (χ0n) is 13.6. The smallest absolute Gasteiger partial charge is 0.236 e. The van der Waals surface area contributed by atoms with Crippen LogP contribution < -0.4 is 0 Å². The Hall–Kier alpha value is -2.21. The zero-order chi connectivity index (χ0) is 16.2. The van der Waals surface area contributed by atoms with Gasteiger partial charge in [-0.3, -0.25) is 14.7 Å². The van der Waals surface area contributed by atoms with Gasteiger partial charge in [-0.15, -0.1) is 0 Å². The van der Waals surface area contributed by atoms with E-state index in [1.165, 1.54) is 12.8 Å². The van der Waals surface area contributed by atoms with E-state index in [4.69, 9.17) is 4.52 Å². The van der Waals surface area contributed by atoms with E-state index in [0.29, 0.717) is 25.6 Å². The van der Waals surface area contributed by atoms with Crippen molar-refractivity contribution in [3.05, 3.63) is 47.6 Å². The van der Waals surface area contributed by atoms with Crippen LogP contribution in [0.2, 0.25) is 0 Å². The topological polar surface area (TPSA) is 62.5 Å². The second-order valence-corrected chi connectivity index (χ2v) is 6.28. The molecule has 2 aromatic rings. The summed E-state index contributed by atoms with van der Waals surface area (Å²) in [4.78, 5) is 20.1. The van der Waals surface area contributed by atoms with Gasteiger partial charge in [0.15, 0.2) is 0 Å². The monoisotopic (exact) mass is 314 g/mol. The Kier molecular flexibility index (Phi) is 4.71. The molecule has 1 aliphatic rings. The predicted octanol–water partition coefficient (Wildman–Crippen LogP) is 2.04. The van der Waals surface area contributed by atoms with E-state index in [0.717, 1.165) is 17.0 Å². The molecular formula is C17H22N4O2. The molecule has 3 rings (SSSR count). The number of pyridine rings is 1. The standard InChI is InChI=1S/C17H22N4O2/c1-20(10-13-4-3-7-18-9-13)12-17(22)21(2)11-15-8-16(23-19-15)14-5-6-14/h3-4,7-9,14H,5-6,10-12H2,1-2H3. The van der Waals surface area contributed by atoms with Crippen molar-refractivity contribution in [2.24, 2.45) is 0 Å². The Morgan fingerprint density at radius 3 is 2.87 bits per heavy atom. The maximum Gasteiger partial charge on any atom is 0.236 e. The maximum atomic E-state index is 12.3. The number of rotatable bonds is 7. The van der Waals surface area contributed by atoms with Crippen LogP contribution >= 0.6 is 0 Å². The van der Waals surface area contributed by atoms with Gasteiger partial charge in [-0.1, -0.05) is 11.2 Å². The lowest BCUT2D eigenvalue weighted by Gasteiger charge is -2.21. The molecule has 23 heavy (non-hydrogen) atoms. The van der Waals surface area contributed by atoms with Crippen molar-refractivity contribution in [2.45, 2.75) is 31.8 Å². The first-order chi connectivity index (χ1) is 11.1. The summed E-state index contributed by atoms with van der Waals surface area (Å²) in [5.41, 5.74) is 1.91. The van der Waals surface area contributed by atoms with Crippen LogP contribution in [0.1, 0.15) is 35.8 Å². The van der Waals surface area contributed by atoms with Gasteiger partial charge in [-0.25, -0.2) is 0 Å². The number of hydrogen-bond acceptors (Lipinski definition) is 5. The maximum absolute atomic E-state index is 12.3. The van der Waals surface area contributed by atoms with Crippen LogP contribution in [0.5, 0.6) is 0 Å². The highest BCUT2D eigenvalue weighted by Crippen LogP contribution is 2.40. The molecule has 0 spiro atoms. The van der Waals surface area contributed by atoms with Crippen molar-refractivity contribution in [2.75, 3.05) is 20.6 Å². The third-order valence-corrected chi connectivity index (χ3v) is 3.96. The number of aromatic nitrogens is 2. The van der Waals surface area contributed by atoms with Crippen molar-refractivity contribution >= 4 is 5.91 Å². The molecule has 0 bridgehead atoms. The lowest BCUT2D eigenvalue weighted by atomic mass is 10.2. The predicted molar refractivity (Wildman–Crippen MR) is 85.5 cm³/mol. The van der Waals surface area contributed by atoms with Gasteiger partial charge >= 0.3 is 0 Å². The van der Waals surface area contributed by atoms with E-state index in [2.05, 4.69) is 10.1 Å². The third-order valence-electron chi connectivity index (χ3n) is 3.96. The van der Waals surface area contributed by atoms with E-state index in [-0.39, 0.29) is 5.91 Å². The molecular weight excluding hydrogens is 292 g/mol. The molecule has 0 aromatic carbocycles. The molecule has 0 atom stereocenters. The first kappa shape index (κ1) is 15.7. The number of amides is 1. The van der Waals surface area contributed by atoms with Gasteiger partial charge in [0.25, 0.3) is 0 Å². The van der Waals surface area contributed by atoms with Crippen LogP contribution in [0.4, 0.5) is 0 Å². The number of likely N-dealkylation sites (N-methyl/N-ethyl adjacent to an activating group) is 2. The highest BCUT2D eigenvalue weighted by atomic mass is 16.5. The second kappa shape index (κ2) is 6.91. The van der Waals surface area contributed by atoms with E-state index < -0.39 is 0 Å². The molecule has 6 nitrogen and oxygen atoms in total. The molecule has 6 heteroatoms. The van der Waals surface area contributed by atoms with Gasteiger partial charge in [-0.05, 0) is 31.5 Å².